The number of hydrogen-bond donors (Lipinski definition) is 1. The summed E-state index contributed by atoms with van der Waals surface area (Å²) in [6, 6.07) is -0.252. The van der Waals surface area contributed by atoms with Gasteiger partial charge in [-0.3, -0.25) is 4.79 Å². The Morgan fingerprint density at radius 3 is 2.45 bits per heavy atom. The van der Waals surface area contributed by atoms with E-state index in [9.17, 15) is 4.79 Å². The zero-order valence-corrected chi connectivity index (χ0v) is 7.52. The van der Waals surface area contributed by atoms with Crippen molar-refractivity contribution in [2.24, 2.45) is 5.73 Å². The van der Waals surface area contributed by atoms with Gasteiger partial charge in [-0.15, -0.1) is 12.4 Å². The molecule has 0 aromatic heterocycles. The van der Waals surface area contributed by atoms with Gasteiger partial charge >= 0.3 is 5.97 Å². The molecule has 0 amide bonds. The fourth-order valence-electron chi connectivity index (χ4n) is 0.570. The molecule has 0 aromatic carbocycles. The first-order valence-electron chi connectivity index (χ1n) is 3.02. The van der Waals surface area contributed by atoms with Crippen LogP contribution in [0.2, 0.25) is 0 Å². The van der Waals surface area contributed by atoms with E-state index in [4.69, 9.17) is 10.5 Å². The van der Waals surface area contributed by atoms with Crippen LogP contribution >= 0.6 is 12.4 Å². The summed E-state index contributed by atoms with van der Waals surface area (Å²) < 4.78 is 9.11. The maximum Gasteiger partial charge on any atom is 0.307 e. The molecule has 0 aliphatic heterocycles. The minimum atomic E-state index is -0.301. The van der Waals surface area contributed by atoms with Gasteiger partial charge in [-0.1, -0.05) is 0 Å². The molecular formula is C6H14ClNO3. The maximum atomic E-state index is 10.5. The smallest absolute Gasteiger partial charge is 0.307 e. The number of halogens is 1. The molecule has 68 valence electrons. The van der Waals surface area contributed by atoms with Crippen LogP contribution in [-0.2, 0) is 14.3 Å². The predicted molar refractivity (Wildman–Crippen MR) is 43.7 cm³/mol. The van der Waals surface area contributed by atoms with Crippen LogP contribution in [0, 0.1) is 0 Å². The van der Waals surface area contributed by atoms with Crippen LogP contribution in [0.25, 0.3) is 0 Å². The molecule has 0 saturated heterocycles. The second-order valence-corrected chi connectivity index (χ2v) is 2.00. The number of rotatable bonds is 4. The summed E-state index contributed by atoms with van der Waals surface area (Å²) in [7, 11) is 2.87. The van der Waals surface area contributed by atoms with Crippen molar-refractivity contribution >= 4 is 18.4 Å². The van der Waals surface area contributed by atoms with Crippen LogP contribution in [0.3, 0.4) is 0 Å². The lowest BCUT2D eigenvalue weighted by Gasteiger charge is -2.07. The summed E-state index contributed by atoms with van der Waals surface area (Å²) in [5, 5.41) is 0. The van der Waals surface area contributed by atoms with E-state index in [2.05, 4.69) is 4.74 Å². The van der Waals surface area contributed by atoms with E-state index in [1.165, 1.54) is 14.2 Å². The van der Waals surface area contributed by atoms with Crippen LogP contribution in [-0.4, -0.2) is 32.8 Å². The van der Waals surface area contributed by atoms with Gasteiger partial charge in [-0.25, -0.2) is 0 Å². The van der Waals surface area contributed by atoms with Gasteiger partial charge in [0.15, 0.2) is 0 Å². The van der Waals surface area contributed by atoms with Crippen molar-refractivity contribution in [1.29, 1.82) is 0 Å². The lowest BCUT2D eigenvalue weighted by Crippen LogP contribution is -2.28. The van der Waals surface area contributed by atoms with E-state index < -0.39 is 0 Å². The molecule has 1 atom stereocenters. The van der Waals surface area contributed by atoms with Gasteiger partial charge in [0.1, 0.15) is 0 Å². The summed E-state index contributed by atoms with van der Waals surface area (Å²) in [5.74, 6) is -0.301. The third-order valence-electron chi connectivity index (χ3n) is 1.04. The monoisotopic (exact) mass is 183 g/mol. The van der Waals surface area contributed by atoms with Gasteiger partial charge in [-0.05, 0) is 0 Å². The highest BCUT2D eigenvalue weighted by Crippen LogP contribution is 1.90. The van der Waals surface area contributed by atoms with Gasteiger partial charge in [0.2, 0.25) is 0 Å². The molecule has 0 unspecified atom stereocenters. The fourth-order valence-corrected chi connectivity index (χ4v) is 0.570. The molecule has 2 N–H and O–H groups in total. The molecule has 0 rings (SSSR count). The van der Waals surface area contributed by atoms with E-state index in [-0.39, 0.29) is 30.8 Å². The van der Waals surface area contributed by atoms with Gasteiger partial charge in [0.25, 0.3) is 0 Å². The van der Waals surface area contributed by atoms with Gasteiger partial charge in [-0.2, -0.15) is 0 Å². The Morgan fingerprint density at radius 2 is 2.09 bits per heavy atom. The first-order valence-corrected chi connectivity index (χ1v) is 3.02. The first-order chi connectivity index (χ1) is 4.70. The number of methoxy groups -OCH3 is 2. The average Bonchev–Trinajstić information content (AvgIpc) is 1.88. The molecule has 0 aliphatic rings. The van der Waals surface area contributed by atoms with Crippen LogP contribution < -0.4 is 5.73 Å². The topological polar surface area (TPSA) is 61.5 Å². The summed E-state index contributed by atoms with van der Waals surface area (Å²) >= 11 is 0. The number of ether oxygens (including phenoxy) is 2. The number of hydrogen-bond acceptors (Lipinski definition) is 4. The second kappa shape index (κ2) is 7.78. The molecule has 0 spiro atoms. The fraction of sp³-hybridized carbons (Fsp3) is 0.833. The van der Waals surface area contributed by atoms with Crippen molar-refractivity contribution in [3.8, 4) is 0 Å². The largest absolute Gasteiger partial charge is 0.469 e. The summed E-state index contributed by atoms with van der Waals surface area (Å²) in [4.78, 5) is 10.5. The van der Waals surface area contributed by atoms with E-state index in [1.807, 2.05) is 0 Å². The quantitative estimate of drug-likeness (QED) is 0.621. The Bertz CT molecular complexity index is 110. The molecule has 4 nitrogen and oxygen atoms in total. The van der Waals surface area contributed by atoms with Crippen molar-refractivity contribution in [3.63, 3.8) is 0 Å². The summed E-state index contributed by atoms with van der Waals surface area (Å²) in [5.41, 5.74) is 5.43. The Labute approximate surface area is 72.4 Å². The van der Waals surface area contributed by atoms with Gasteiger partial charge in [0, 0.05) is 13.2 Å². The van der Waals surface area contributed by atoms with Crippen LogP contribution in [0.15, 0.2) is 0 Å². The predicted octanol–water partition coefficient (Wildman–Crippen LogP) is -0.0550. The SMILES string of the molecule is COC[C@H](N)CC(=O)OC.Cl. The molecule has 0 heterocycles. The highest BCUT2D eigenvalue weighted by Gasteiger charge is 2.07. The first kappa shape index (κ1) is 13.3. The maximum absolute atomic E-state index is 10.5. The van der Waals surface area contributed by atoms with Crippen LogP contribution in [0.5, 0.6) is 0 Å². The standard InChI is InChI=1S/C6H13NO3.ClH/c1-9-4-5(7)3-6(8)10-2;/h5H,3-4,7H2,1-2H3;1H/t5-;/m1./s1. The van der Waals surface area contributed by atoms with Crippen molar-refractivity contribution in [3.05, 3.63) is 0 Å². The van der Waals surface area contributed by atoms with Crippen molar-refractivity contribution in [2.75, 3.05) is 20.8 Å². The molecule has 0 aromatic rings. The van der Waals surface area contributed by atoms with Crippen LogP contribution in [0.1, 0.15) is 6.42 Å². The van der Waals surface area contributed by atoms with Gasteiger partial charge < -0.3 is 15.2 Å². The summed E-state index contributed by atoms with van der Waals surface area (Å²) in [6.45, 7) is 0.384. The lowest BCUT2D eigenvalue weighted by molar-refractivity contribution is -0.141. The Hall–Kier alpha value is -0.320. The Morgan fingerprint density at radius 1 is 1.55 bits per heavy atom. The lowest BCUT2D eigenvalue weighted by atomic mass is 10.2. The van der Waals surface area contributed by atoms with E-state index in [0.29, 0.717) is 6.61 Å². The van der Waals surface area contributed by atoms with Gasteiger partial charge in [0.05, 0.1) is 20.1 Å². The minimum Gasteiger partial charge on any atom is -0.469 e. The van der Waals surface area contributed by atoms with Crippen LogP contribution in [0.4, 0.5) is 0 Å². The third-order valence-corrected chi connectivity index (χ3v) is 1.04. The number of esters is 1. The van der Waals surface area contributed by atoms with Crippen molar-refractivity contribution < 1.29 is 14.3 Å². The Kier molecular flexibility index (Phi) is 9.40. The molecular weight excluding hydrogens is 170 g/mol. The van der Waals surface area contributed by atoms with E-state index in [0.717, 1.165) is 0 Å². The molecule has 0 saturated carbocycles. The van der Waals surface area contributed by atoms with Crippen molar-refractivity contribution in [1.82, 2.24) is 0 Å². The number of carbonyl (C=O) groups is 1. The second-order valence-electron chi connectivity index (χ2n) is 2.00. The zero-order valence-electron chi connectivity index (χ0n) is 6.70. The average molecular weight is 184 g/mol. The summed E-state index contributed by atoms with van der Waals surface area (Å²) in [6.07, 6.45) is 0.213. The Balaban J connectivity index is 0. The van der Waals surface area contributed by atoms with Crippen molar-refractivity contribution in [2.45, 2.75) is 12.5 Å². The molecule has 0 fully saturated rings. The molecule has 0 bridgehead atoms. The normalized spacial score (nSPS) is 11.5. The molecule has 5 heteroatoms. The van der Waals surface area contributed by atoms with E-state index >= 15 is 0 Å². The molecule has 0 radical (unpaired) electrons. The zero-order chi connectivity index (χ0) is 7.98. The highest BCUT2D eigenvalue weighted by atomic mass is 35.5. The molecule has 0 aliphatic carbocycles. The number of nitrogens with two attached hydrogens (primary N) is 1. The molecule has 11 heavy (non-hydrogen) atoms. The highest BCUT2D eigenvalue weighted by molar-refractivity contribution is 5.85. The minimum absolute atomic E-state index is 0. The van der Waals surface area contributed by atoms with E-state index in [1.54, 1.807) is 0 Å². The third kappa shape index (κ3) is 7.58. The number of carbonyl (C=O) groups excluding carboxylic acids is 1.